The Labute approximate surface area is 126 Å². The Kier molecular flexibility index (Phi) is 5.86. The maximum atomic E-state index is 13.6. The summed E-state index contributed by atoms with van der Waals surface area (Å²) < 4.78 is 13.6. The molecule has 1 aliphatic carbocycles. The second-order valence-corrected chi connectivity index (χ2v) is 6.52. The van der Waals surface area contributed by atoms with Gasteiger partial charge in [-0.1, -0.05) is 49.9 Å². The van der Waals surface area contributed by atoms with Gasteiger partial charge in [0.05, 0.1) is 5.02 Å². The molecular weight excluding hydrogens is 273 g/mol. The van der Waals surface area contributed by atoms with Crippen LogP contribution in [0.15, 0.2) is 18.2 Å². The minimum atomic E-state index is -0.311. The first-order valence-corrected chi connectivity index (χ1v) is 8.16. The highest BCUT2D eigenvalue weighted by atomic mass is 35.5. The van der Waals surface area contributed by atoms with Crippen LogP contribution in [0.2, 0.25) is 5.02 Å². The van der Waals surface area contributed by atoms with Gasteiger partial charge in [-0.05, 0) is 55.2 Å². The first-order valence-electron chi connectivity index (χ1n) is 7.78. The van der Waals surface area contributed by atoms with Gasteiger partial charge >= 0.3 is 0 Å². The van der Waals surface area contributed by atoms with Crippen LogP contribution in [0.5, 0.6) is 0 Å². The van der Waals surface area contributed by atoms with E-state index >= 15 is 0 Å². The van der Waals surface area contributed by atoms with E-state index in [0.29, 0.717) is 16.9 Å². The molecule has 0 amide bonds. The summed E-state index contributed by atoms with van der Waals surface area (Å²) in [5.41, 5.74) is 6.86. The summed E-state index contributed by atoms with van der Waals surface area (Å²) in [5, 5.41) is 0.292. The van der Waals surface area contributed by atoms with Gasteiger partial charge in [-0.15, -0.1) is 0 Å². The zero-order valence-corrected chi connectivity index (χ0v) is 13.0. The molecule has 2 rings (SSSR count). The van der Waals surface area contributed by atoms with E-state index < -0.39 is 0 Å². The highest BCUT2D eigenvalue weighted by Gasteiger charge is 2.29. The average molecular weight is 298 g/mol. The van der Waals surface area contributed by atoms with Gasteiger partial charge in [0.15, 0.2) is 0 Å². The lowest BCUT2D eigenvalue weighted by Crippen LogP contribution is -2.31. The Balaban J connectivity index is 2.09. The molecule has 0 aromatic heterocycles. The summed E-state index contributed by atoms with van der Waals surface area (Å²) in [7, 11) is 0. The molecule has 1 nitrogen and oxygen atoms in total. The van der Waals surface area contributed by atoms with Crippen molar-refractivity contribution in [2.75, 3.05) is 6.54 Å². The summed E-state index contributed by atoms with van der Waals surface area (Å²) in [4.78, 5) is 0. The molecule has 0 spiro atoms. The summed E-state index contributed by atoms with van der Waals surface area (Å²) in [6.45, 7) is 2.98. The molecule has 3 atom stereocenters. The van der Waals surface area contributed by atoms with E-state index in [0.717, 1.165) is 24.4 Å². The Morgan fingerprint density at radius 3 is 2.80 bits per heavy atom. The third-order valence-corrected chi connectivity index (χ3v) is 5.19. The number of rotatable bonds is 5. The number of nitrogens with two attached hydrogens (primary N) is 1. The number of hydrogen-bond acceptors (Lipinski definition) is 1. The third kappa shape index (κ3) is 3.73. The highest BCUT2D eigenvalue weighted by molar-refractivity contribution is 6.31. The van der Waals surface area contributed by atoms with Crippen molar-refractivity contribution in [1.82, 2.24) is 0 Å². The highest BCUT2D eigenvalue weighted by Crippen LogP contribution is 2.38. The van der Waals surface area contributed by atoms with E-state index in [2.05, 4.69) is 6.92 Å². The van der Waals surface area contributed by atoms with Crippen LogP contribution in [0.3, 0.4) is 0 Å². The molecule has 0 aliphatic heterocycles. The van der Waals surface area contributed by atoms with Gasteiger partial charge in [0.2, 0.25) is 0 Å². The largest absolute Gasteiger partial charge is 0.330 e. The van der Waals surface area contributed by atoms with E-state index in [1.165, 1.54) is 38.2 Å². The van der Waals surface area contributed by atoms with E-state index in [1.54, 1.807) is 6.07 Å². The maximum absolute atomic E-state index is 13.6. The van der Waals surface area contributed by atoms with Crippen molar-refractivity contribution in [3.05, 3.63) is 34.6 Å². The lowest BCUT2D eigenvalue weighted by atomic mass is 9.70. The van der Waals surface area contributed by atoms with Crippen molar-refractivity contribution >= 4 is 11.6 Å². The SMILES string of the molecule is CCCC1CCC(CN)C(Cc2cccc(F)c2Cl)C1. The Bertz CT molecular complexity index is 435. The first-order chi connectivity index (χ1) is 9.65. The van der Waals surface area contributed by atoms with E-state index in [1.807, 2.05) is 6.07 Å². The molecule has 0 heterocycles. The number of halogens is 2. The van der Waals surface area contributed by atoms with Crippen LogP contribution in [0.4, 0.5) is 4.39 Å². The quantitative estimate of drug-likeness (QED) is 0.829. The fourth-order valence-corrected chi connectivity index (χ4v) is 3.85. The second-order valence-electron chi connectivity index (χ2n) is 6.14. The molecule has 1 aliphatic rings. The predicted octanol–water partition coefficient (Wildman–Crippen LogP) is 4.81. The average Bonchev–Trinajstić information content (AvgIpc) is 2.45. The molecule has 1 aromatic carbocycles. The van der Waals surface area contributed by atoms with Crippen LogP contribution >= 0.6 is 11.6 Å². The summed E-state index contributed by atoms with van der Waals surface area (Å²) in [5.74, 6) is 1.60. The molecule has 1 aromatic rings. The van der Waals surface area contributed by atoms with Gasteiger partial charge in [0.25, 0.3) is 0 Å². The summed E-state index contributed by atoms with van der Waals surface area (Å²) in [6, 6.07) is 5.12. The van der Waals surface area contributed by atoms with Crippen LogP contribution in [0.1, 0.15) is 44.6 Å². The number of hydrogen-bond donors (Lipinski definition) is 1. The Morgan fingerprint density at radius 1 is 1.30 bits per heavy atom. The van der Waals surface area contributed by atoms with Crippen LogP contribution in [-0.4, -0.2) is 6.54 Å². The normalized spacial score (nSPS) is 26.7. The van der Waals surface area contributed by atoms with Crippen molar-refractivity contribution in [1.29, 1.82) is 0 Å². The van der Waals surface area contributed by atoms with Gasteiger partial charge in [0.1, 0.15) is 5.82 Å². The first kappa shape index (κ1) is 15.8. The topological polar surface area (TPSA) is 26.0 Å². The molecule has 1 fully saturated rings. The van der Waals surface area contributed by atoms with Crippen LogP contribution in [0, 0.1) is 23.6 Å². The number of benzene rings is 1. The fraction of sp³-hybridized carbons (Fsp3) is 0.647. The minimum Gasteiger partial charge on any atom is -0.330 e. The van der Waals surface area contributed by atoms with Gasteiger partial charge in [-0.25, -0.2) is 4.39 Å². The molecular formula is C17H25ClFN. The molecule has 0 radical (unpaired) electrons. The monoisotopic (exact) mass is 297 g/mol. The lowest BCUT2D eigenvalue weighted by molar-refractivity contribution is 0.175. The lowest BCUT2D eigenvalue weighted by Gasteiger charge is -2.36. The molecule has 3 heteroatoms. The zero-order valence-electron chi connectivity index (χ0n) is 12.2. The van der Waals surface area contributed by atoms with Crippen molar-refractivity contribution < 1.29 is 4.39 Å². The van der Waals surface area contributed by atoms with E-state index in [-0.39, 0.29) is 5.82 Å². The predicted molar refractivity (Wildman–Crippen MR) is 83.4 cm³/mol. The van der Waals surface area contributed by atoms with E-state index in [9.17, 15) is 4.39 Å². The van der Waals surface area contributed by atoms with Gasteiger partial charge in [-0.3, -0.25) is 0 Å². The van der Waals surface area contributed by atoms with Crippen molar-refractivity contribution in [3.8, 4) is 0 Å². The Morgan fingerprint density at radius 2 is 2.10 bits per heavy atom. The van der Waals surface area contributed by atoms with Gasteiger partial charge in [-0.2, -0.15) is 0 Å². The third-order valence-electron chi connectivity index (χ3n) is 4.76. The smallest absolute Gasteiger partial charge is 0.142 e. The standard InChI is InChI=1S/C17H25ClFN/c1-2-4-12-7-8-14(11-20)15(9-12)10-13-5-3-6-16(19)17(13)18/h3,5-6,12,14-15H,2,4,7-11,20H2,1H3. The van der Waals surface area contributed by atoms with Crippen molar-refractivity contribution in [3.63, 3.8) is 0 Å². The molecule has 0 bridgehead atoms. The molecule has 1 saturated carbocycles. The minimum absolute atomic E-state index is 0.292. The molecule has 20 heavy (non-hydrogen) atoms. The van der Waals surface area contributed by atoms with Crippen molar-refractivity contribution in [2.45, 2.75) is 45.4 Å². The van der Waals surface area contributed by atoms with Gasteiger partial charge in [0, 0.05) is 0 Å². The zero-order chi connectivity index (χ0) is 14.5. The maximum Gasteiger partial charge on any atom is 0.142 e. The van der Waals surface area contributed by atoms with Crippen molar-refractivity contribution in [2.24, 2.45) is 23.5 Å². The van der Waals surface area contributed by atoms with Crippen LogP contribution in [0.25, 0.3) is 0 Å². The molecule has 3 unspecified atom stereocenters. The van der Waals surface area contributed by atoms with E-state index in [4.69, 9.17) is 17.3 Å². The summed E-state index contributed by atoms with van der Waals surface area (Å²) >= 11 is 6.09. The van der Waals surface area contributed by atoms with Crippen LogP contribution < -0.4 is 5.73 Å². The van der Waals surface area contributed by atoms with Gasteiger partial charge < -0.3 is 5.73 Å². The van der Waals surface area contributed by atoms with Crippen LogP contribution in [-0.2, 0) is 6.42 Å². The molecule has 2 N–H and O–H groups in total. The fourth-order valence-electron chi connectivity index (χ4n) is 3.64. The second kappa shape index (κ2) is 7.42. The summed E-state index contributed by atoms with van der Waals surface area (Å²) in [6.07, 6.45) is 7.11. The molecule has 0 saturated heterocycles. The molecule has 112 valence electrons. The Hall–Kier alpha value is -0.600.